The maximum atomic E-state index is 13.0. The van der Waals surface area contributed by atoms with Crippen LogP contribution in [0.5, 0.6) is 0 Å². The minimum absolute atomic E-state index is 0.0371. The predicted molar refractivity (Wildman–Crippen MR) is 95.9 cm³/mol. The third kappa shape index (κ3) is 3.23. The van der Waals surface area contributed by atoms with Crippen LogP contribution in [-0.4, -0.2) is 45.4 Å². The van der Waals surface area contributed by atoms with Crippen molar-refractivity contribution < 1.29 is 14.0 Å². The van der Waals surface area contributed by atoms with Crippen molar-refractivity contribution in [1.82, 2.24) is 19.8 Å². The molecule has 0 spiro atoms. The van der Waals surface area contributed by atoms with Gasteiger partial charge in [0, 0.05) is 32.1 Å². The molecule has 140 valence electrons. The summed E-state index contributed by atoms with van der Waals surface area (Å²) in [6.45, 7) is 6.47. The van der Waals surface area contributed by atoms with Crippen LogP contribution in [0.3, 0.4) is 0 Å². The van der Waals surface area contributed by atoms with E-state index < -0.39 is 0 Å². The molecule has 0 unspecified atom stereocenters. The molecule has 2 aromatic heterocycles. The lowest BCUT2D eigenvalue weighted by atomic mass is 9.95. The normalized spacial score (nSPS) is 15.7. The van der Waals surface area contributed by atoms with Gasteiger partial charge in [0.15, 0.2) is 0 Å². The third-order valence-corrected chi connectivity index (χ3v) is 4.75. The van der Waals surface area contributed by atoms with Gasteiger partial charge in [-0.2, -0.15) is 0 Å². The van der Waals surface area contributed by atoms with Gasteiger partial charge in [0.1, 0.15) is 17.5 Å². The fourth-order valence-corrected chi connectivity index (χ4v) is 3.35. The lowest BCUT2D eigenvalue weighted by molar-refractivity contribution is -0.126. The smallest absolute Gasteiger partial charge is 0.265 e. The number of furan rings is 1. The van der Waals surface area contributed by atoms with E-state index in [9.17, 15) is 14.4 Å². The Hall–Kier alpha value is -2.64. The van der Waals surface area contributed by atoms with Gasteiger partial charge in [-0.3, -0.25) is 14.4 Å². The van der Waals surface area contributed by atoms with Crippen molar-refractivity contribution in [1.29, 1.82) is 0 Å². The van der Waals surface area contributed by atoms with Crippen LogP contribution in [0.25, 0.3) is 11.1 Å². The van der Waals surface area contributed by atoms with Crippen LogP contribution in [0.4, 0.5) is 0 Å². The van der Waals surface area contributed by atoms with E-state index in [4.69, 9.17) is 4.42 Å². The highest BCUT2D eigenvalue weighted by Gasteiger charge is 2.31. The summed E-state index contributed by atoms with van der Waals surface area (Å²) >= 11 is 0. The van der Waals surface area contributed by atoms with Crippen LogP contribution in [0.15, 0.2) is 15.5 Å². The molecule has 0 aliphatic carbocycles. The number of aromatic nitrogens is 2. The molecule has 0 atom stereocenters. The van der Waals surface area contributed by atoms with E-state index in [1.807, 2.05) is 13.8 Å². The Morgan fingerprint density at radius 1 is 1.31 bits per heavy atom. The average molecular weight is 360 g/mol. The minimum atomic E-state index is -0.304. The number of amides is 2. The molecule has 0 saturated carbocycles. The third-order valence-electron chi connectivity index (χ3n) is 4.75. The van der Waals surface area contributed by atoms with E-state index >= 15 is 0 Å². The van der Waals surface area contributed by atoms with Gasteiger partial charge in [-0.05, 0) is 33.6 Å². The molecule has 8 heteroatoms. The van der Waals surface area contributed by atoms with Gasteiger partial charge >= 0.3 is 0 Å². The number of nitrogens with zero attached hydrogens (tertiary/aromatic N) is 3. The van der Waals surface area contributed by atoms with Gasteiger partial charge in [0.05, 0.1) is 5.56 Å². The number of carbonyl (C=O) groups is 2. The number of aryl methyl sites for hydroxylation is 2. The number of rotatable bonds is 3. The summed E-state index contributed by atoms with van der Waals surface area (Å²) in [7, 11) is 1.59. The second-order valence-corrected chi connectivity index (χ2v) is 7.10. The number of likely N-dealkylation sites (tertiary alicyclic amines) is 1. The minimum Gasteiger partial charge on any atom is -0.442 e. The Balaban J connectivity index is 1.81. The lowest BCUT2D eigenvalue weighted by Gasteiger charge is -2.31. The van der Waals surface area contributed by atoms with Crippen molar-refractivity contribution in [3.8, 4) is 0 Å². The van der Waals surface area contributed by atoms with Crippen LogP contribution in [0, 0.1) is 12.8 Å². The monoisotopic (exact) mass is 360 g/mol. The summed E-state index contributed by atoms with van der Waals surface area (Å²) in [6.07, 6.45) is 2.59. The molecule has 1 saturated heterocycles. The summed E-state index contributed by atoms with van der Waals surface area (Å²) in [5.41, 5.74) is 0.153. The first kappa shape index (κ1) is 18.2. The van der Waals surface area contributed by atoms with Crippen LogP contribution < -0.4 is 10.9 Å². The second-order valence-electron chi connectivity index (χ2n) is 7.10. The fraction of sp³-hybridized carbons (Fsp3) is 0.556. The van der Waals surface area contributed by atoms with E-state index in [1.165, 1.54) is 10.9 Å². The van der Waals surface area contributed by atoms with Crippen molar-refractivity contribution in [3.63, 3.8) is 0 Å². The summed E-state index contributed by atoms with van der Waals surface area (Å²) in [5.74, 6) is 0.0998. The molecule has 3 rings (SSSR count). The fourth-order valence-electron chi connectivity index (χ4n) is 3.35. The van der Waals surface area contributed by atoms with Gasteiger partial charge in [0.2, 0.25) is 11.6 Å². The zero-order valence-electron chi connectivity index (χ0n) is 15.5. The molecule has 2 amide bonds. The average Bonchev–Trinajstić information content (AvgIpc) is 2.94. The van der Waals surface area contributed by atoms with Crippen molar-refractivity contribution >= 4 is 22.9 Å². The maximum absolute atomic E-state index is 13.0. The number of nitrogens with one attached hydrogen (secondary N) is 1. The van der Waals surface area contributed by atoms with Crippen LogP contribution in [0.1, 0.15) is 42.8 Å². The number of carbonyl (C=O) groups excluding carboxylic acids is 2. The van der Waals surface area contributed by atoms with E-state index in [-0.39, 0.29) is 46.0 Å². The molecular weight excluding hydrogens is 336 g/mol. The zero-order chi connectivity index (χ0) is 19.0. The number of piperidine rings is 1. The Kier molecular flexibility index (Phi) is 4.84. The van der Waals surface area contributed by atoms with Gasteiger partial charge < -0.3 is 19.2 Å². The first-order valence-corrected chi connectivity index (χ1v) is 8.84. The van der Waals surface area contributed by atoms with Crippen molar-refractivity contribution in [2.75, 3.05) is 13.1 Å². The van der Waals surface area contributed by atoms with Gasteiger partial charge in [0.25, 0.3) is 11.5 Å². The standard InChI is InChI=1S/C18H24N4O4/c1-10(2)20-15(23)12-5-7-22(8-6-12)18(25)13-11(3)26-16-14(13)17(24)21(4)9-19-16/h9-10,12H,5-8H2,1-4H3,(H,20,23). The first-order chi connectivity index (χ1) is 12.3. The van der Waals surface area contributed by atoms with E-state index in [0.717, 1.165) is 0 Å². The quantitative estimate of drug-likeness (QED) is 0.887. The van der Waals surface area contributed by atoms with Crippen LogP contribution in [-0.2, 0) is 11.8 Å². The molecule has 1 aliphatic rings. The molecule has 0 bridgehead atoms. The van der Waals surface area contributed by atoms with Crippen molar-refractivity contribution in [2.24, 2.45) is 13.0 Å². The highest BCUT2D eigenvalue weighted by Crippen LogP contribution is 2.25. The van der Waals surface area contributed by atoms with Gasteiger partial charge in [-0.1, -0.05) is 0 Å². The maximum Gasteiger partial charge on any atom is 0.265 e. The summed E-state index contributed by atoms with van der Waals surface area (Å²) in [4.78, 5) is 43.3. The van der Waals surface area contributed by atoms with Crippen LogP contribution >= 0.6 is 0 Å². The molecule has 3 heterocycles. The van der Waals surface area contributed by atoms with Gasteiger partial charge in [-0.15, -0.1) is 0 Å². The highest BCUT2D eigenvalue weighted by atomic mass is 16.3. The number of hydrogen-bond donors (Lipinski definition) is 1. The topological polar surface area (TPSA) is 97.4 Å². The van der Waals surface area contributed by atoms with Crippen LogP contribution in [0.2, 0.25) is 0 Å². The Morgan fingerprint density at radius 3 is 2.58 bits per heavy atom. The molecule has 8 nitrogen and oxygen atoms in total. The summed E-state index contributed by atoms with van der Waals surface area (Å²) in [5, 5.41) is 3.14. The van der Waals surface area contributed by atoms with E-state index in [2.05, 4.69) is 10.3 Å². The second kappa shape index (κ2) is 6.93. The molecular formula is C18H24N4O4. The predicted octanol–water partition coefficient (Wildman–Crippen LogP) is 1.21. The van der Waals surface area contributed by atoms with Crippen molar-refractivity contribution in [3.05, 3.63) is 28.0 Å². The summed E-state index contributed by atoms with van der Waals surface area (Å²) < 4.78 is 6.84. The summed E-state index contributed by atoms with van der Waals surface area (Å²) in [6, 6.07) is 0.103. The molecule has 1 aliphatic heterocycles. The highest BCUT2D eigenvalue weighted by molar-refractivity contribution is 6.06. The largest absolute Gasteiger partial charge is 0.442 e. The van der Waals surface area contributed by atoms with E-state index in [1.54, 1.807) is 18.9 Å². The Bertz CT molecular complexity index is 904. The number of hydrogen-bond acceptors (Lipinski definition) is 5. The van der Waals surface area contributed by atoms with Crippen molar-refractivity contribution in [2.45, 2.75) is 39.7 Å². The first-order valence-electron chi connectivity index (χ1n) is 8.84. The molecule has 26 heavy (non-hydrogen) atoms. The molecule has 1 fully saturated rings. The SMILES string of the molecule is Cc1oc2ncn(C)c(=O)c2c1C(=O)N1CCC(C(=O)NC(C)C)CC1. The molecule has 0 radical (unpaired) electrons. The zero-order valence-corrected chi connectivity index (χ0v) is 15.5. The lowest BCUT2D eigenvalue weighted by Crippen LogP contribution is -2.44. The molecule has 0 aromatic carbocycles. The number of fused-ring (bicyclic) bond motifs is 1. The molecule has 1 N–H and O–H groups in total. The van der Waals surface area contributed by atoms with E-state index in [0.29, 0.717) is 31.7 Å². The van der Waals surface area contributed by atoms with Gasteiger partial charge in [-0.25, -0.2) is 4.98 Å². The molecule has 2 aromatic rings. The Morgan fingerprint density at radius 2 is 1.96 bits per heavy atom. The Labute approximate surface area is 151 Å².